The molecular formula is C15H28N2O. The van der Waals surface area contributed by atoms with E-state index in [0.29, 0.717) is 5.54 Å². The Morgan fingerprint density at radius 3 is 2.67 bits per heavy atom. The Labute approximate surface area is 111 Å². The number of nitrogens with zero attached hydrogens (tertiary/aromatic N) is 1. The van der Waals surface area contributed by atoms with Crippen molar-refractivity contribution in [3.8, 4) is 0 Å². The van der Waals surface area contributed by atoms with Crippen LogP contribution < -0.4 is 5.32 Å². The first kappa shape index (κ1) is 12.9. The zero-order valence-corrected chi connectivity index (χ0v) is 11.8. The molecule has 3 aliphatic rings. The lowest BCUT2D eigenvalue weighted by atomic mass is 9.78. The van der Waals surface area contributed by atoms with Gasteiger partial charge in [-0.15, -0.1) is 0 Å². The molecule has 3 fully saturated rings. The summed E-state index contributed by atoms with van der Waals surface area (Å²) < 4.78 is 5.33. The Hall–Kier alpha value is -0.120. The van der Waals surface area contributed by atoms with Crippen LogP contribution in [0.1, 0.15) is 44.9 Å². The summed E-state index contributed by atoms with van der Waals surface area (Å²) in [4.78, 5) is 2.77. The Kier molecular flexibility index (Phi) is 3.92. The smallest absolute Gasteiger partial charge is 0.0589 e. The first-order valence-corrected chi connectivity index (χ1v) is 7.81. The molecule has 1 N–H and O–H groups in total. The third kappa shape index (κ3) is 2.59. The summed E-state index contributed by atoms with van der Waals surface area (Å²) in [7, 11) is 1.83. The minimum Gasteiger partial charge on any atom is -0.383 e. The average Bonchev–Trinajstić information content (AvgIpc) is 3.23. The maximum atomic E-state index is 5.33. The van der Waals surface area contributed by atoms with Gasteiger partial charge in [-0.1, -0.05) is 19.3 Å². The summed E-state index contributed by atoms with van der Waals surface area (Å²) >= 11 is 0. The largest absolute Gasteiger partial charge is 0.383 e. The fourth-order valence-corrected chi connectivity index (χ4v) is 3.98. The number of nitrogens with one attached hydrogen (secondary N) is 1. The van der Waals surface area contributed by atoms with E-state index in [1.165, 1.54) is 58.0 Å². The highest BCUT2D eigenvalue weighted by Crippen LogP contribution is 2.40. The summed E-state index contributed by atoms with van der Waals surface area (Å²) in [5, 5.41) is 3.87. The molecule has 0 bridgehead atoms. The number of hydrogen-bond donors (Lipinski definition) is 1. The summed E-state index contributed by atoms with van der Waals surface area (Å²) in [5.41, 5.74) is 0.460. The Morgan fingerprint density at radius 1 is 1.22 bits per heavy atom. The van der Waals surface area contributed by atoms with E-state index < -0.39 is 0 Å². The second kappa shape index (κ2) is 5.48. The van der Waals surface area contributed by atoms with Crippen LogP contribution in [0.4, 0.5) is 0 Å². The second-order valence-corrected chi connectivity index (χ2v) is 6.55. The second-order valence-electron chi connectivity index (χ2n) is 6.55. The fourth-order valence-electron chi connectivity index (χ4n) is 3.98. The van der Waals surface area contributed by atoms with Crippen molar-refractivity contribution < 1.29 is 4.74 Å². The summed E-state index contributed by atoms with van der Waals surface area (Å²) in [6.07, 6.45) is 9.94. The fraction of sp³-hybridized carbons (Fsp3) is 1.00. The molecule has 3 heteroatoms. The zero-order valence-electron chi connectivity index (χ0n) is 11.8. The van der Waals surface area contributed by atoms with E-state index in [-0.39, 0.29) is 0 Å². The molecule has 1 saturated heterocycles. The van der Waals surface area contributed by atoms with Gasteiger partial charge in [0.15, 0.2) is 0 Å². The van der Waals surface area contributed by atoms with Gasteiger partial charge in [-0.3, -0.25) is 4.90 Å². The molecule has 18 heavy (non-hydrogen) atoms. The first-order chi connectivity index (χ1) is 8.84. The van der Waals surface area contributed by atoms with Crippen LogP contribution in [-0.4, -0.2) is 49.8 Å². The molecule has 0 amide bonds. The molecule has 1 atom stereocenters. The SMILES string of the molecule is COCCN1CC(C2CC2)NCC12CCCCC2. The van der Waals surface area contributed by atoms with Crippen LogP contribution in [-0.2, 0) is 4.74 Å². The molecule has 0 aromatic heterocycles. The highest BCUT2D eigenvalue weighted by Gasteiger charge is 2.45. The van der Waals surface area contributed by atoms with Crippen LogP contribution in [0, 0.1) is 5.92 Å². The number of piperazine rings is 1. The van der Waals surface area contributed by atoms with Gasteiger partial charge in [0.1, 0.15) is 0 Å². The van der Waals surface area contributed by atoms with Crippen LogP contribution in [0.15, 0.2) is 0 Å². The zero-order chi connectivity index (χ0) is 12.4. The van der Waals surface area contributed by atoms with E-state index in [1.807, 2.05) is 7.11 Å². The van der Waals surface area contributed by atoms with Crippen molar-refractivity contribution in [2.45, 2.75) is 56.5 Å². The molecule has 1 unspecified atom stereocenters. The van der Waals surface area contributed by atoms with Gasteiger partial charge in [0, 0.05) is 38.3 Å². The standard InChI is InChI=1S/C15H28N2O/c1-18-10-9-17-11-14(13-5-6-13)16-12-15(17)7-3-2-4-8-15/h13-14,16H,2-12H2,1H3. The van der Waals surface area contributed by atoms with E-state index in [2.05, 4.69) is 10.2 Å². The predicted molar refractivity (Wildman–Crippen MR) is 73.8 cm³/mol. The van der Waals surface area contributed by atoms with Gasteiger partial charge >= 0.3 is 0 Å². The van der Waals surface area contributed by atoms with E-state index in [4.69, 9.17) is 4.74 Å². The summed E-state index contributed by atoms with van der Waals surface area (Å²) in [5.74, 6) is 0.969. The molecule has 2 saturated carbocycles. The molecule has 2 aliphatic carbocycles. The van der Waals surface area contributed by atoms with Crippen LogP contribution in [0.3, 0.4) is 0 Å². The molecule has 0 radical (unpaired) electrons. The molecule has 0 aromatic carbocycles. The lowest BCUT2D eigenvalue weighted by Gasteiger charge is -2.52. The van der Waals surface area contributed by atoms with Gasteiger partial charge in [0.05, 0.1) is 6.61 Å². The number of hydrogen-bond acceptors (Lipinski definition) is 3. The monoisotopic (exact) mass is 252 g/mol. The molecule has 3 rings (SSSR count). The lowest BCUT2D eigenvalue weighted by molar-refractivity contribution is -0.00868. The van der Waals surface area contributed by atoms with Gasteiger partial charge in [0.25, 0.3) is 0 Å². The quantitative estimate of drug-likeness (QED) is 0.828. The van der Waals surface area contributed by atoms with Gasteiger partial charge < -0.3 is 10.1 Å². The third-order valence-corrected chi connectivity index (χ3v) is 5.32. The van der Waals surface area contributed by atoms with E-state index in [0.717, 1.165) is 25.1 Å². The summed E-state index contributed by atoms with van der Waals surface area (Å²) in [6.45, 7) is 4.49. The van der Waals surface area contributed by atoms with Crippen molar-refractivity contribution >= 4 is 0 Å². The van der Waals surface area contributed by atoms with Crippen LogP contribution in [0.25, 0.3) is 0 Å². The Balaban J connectivity index is 1.66. The van der Waals surface area contributed by atoms with Crippen molar-refractivity contribution in [2.75, 3.05) is 33.4 Å². The highest BCUT2D eigenvalue weighted by atomic mass is 16.5. The van der Waals surface area contributed by atoms with Crippen molar-refractivity contribution in [3.63, 3.8) is 0 Å². The topological polar surface area (TPSA) is 24.5 Å². The molecule has 1 heterocycles. The van der Waals surface area contributed by atoms with Crippen molar-refractivity contribution in [1.82, 2.24) is 10.2 Å². The van der Waals surface area contributed by atoms with Crippen molar-refractivity contribution in [2.24, 2.45) is 5.92 Å². The molecule has 104 valence electrons. The minimum absolute atomic E-state index is 0.460. The molecule has 1 spiro atoms. The van der Waals surface area contributed by atoms with Gasteiger partial charge in [-0.2, -0.15) is 0 Å². The third-order valence-electron chi connectivity index (χ3n) is 5.32. The van der Waals surface area contributed by atoms with Gasteiger partial charge in [0.2, 0.25) is 0 Å². The van der Waals surface area contributed by atoms with E-state index >= 15 is 0 Å². The number of methoxy groups -OCH3 is 1. The normalized spacial score (nSPS) is 32.8. The van der Waals surface area contributed by atoms with E-state index in [1.54, 1.807) is 0 Å². The van der Waals surface area contributed by atoms with Gasteiger partial charge in [-0.05, 0) is 31.6 Å². The lowest BCUT2D eigenvalue weighted by Crippen LogP contribution is -2.66. The summed E-state index contributed by atoms with van der Waals surface area (Å²) in [6, 6.07) is 0.759. The molecule has 1 aliphatic heterocycles. The number of rotatable bonds is 4. The highest BCUT2D eigenvalue weighted by molar-refractivity contribution is 5.03. The van der Waals surface area contributed by atoms with Crippen LogP contribution >= 0.6 is 0 Å². The minimum atomic E-state index is 0.460. The average molecular weight is 252 g/mol. The molecule has 3 nitrogen and oxygen atoms in total. The van der Waals surface area contributed by atoms with E-state index in [9.17, 15) is 0 Å². The predicted octanol–water partition coefficient (Wildman–Crippen LogP) is 2.02. The first-order valence-electron chi connectivity index (χ1n) is 7.81. The maximum Gasteiger partial charge on any atom is 0.0589 e. The van der Waals surface area contributed by atoms with Crippen molar-refractivity contribution in [1.29, 1.82) is 0 Å². The Morgan fingerprint density at radius 2 is 2.00 bits per heavy atom. The number of ether oxygens (including phenoxy) is 1. The van der Waals surface area contributed by atoms with Gasteiger partial charge in [-0.25, -0.2) is 0 Å². The Bertz CT molecular complexity index is 272. The maximum absolute atomic E-state index is 5.33. The molecular weight excluding hydrogens is 224 g/mol. The van der Waals surface area contributed by atoms with Crippen LogP contribution in [0.5, 0.6) is 0 Å². The molecule has 0 aromatic rings. The van der Waals surface area contributed by atoms with Crippen molar-refractivity contribution in [3.05, 3.63) is 0 Å². The van der Waals surface area contributed by atoms with Crippen LogP contribution in [0.2, 0.25) is 0 Å².